The average molecular weight is 311 g/mol. The molecular formula is C11H12F3NO4S. The number of esters is 1. The molecule has 1 rings (SSSR count). The Morgan fingerprint density at radius 1 is 1.25 bits per heavy atom. The first-order valence-corrected chi connectivity index (χ1v) is 6.84. The third kappa shape index (κ3) is 5.17. The number of hydrogen-bond donors (Lipinski definition) is 1. The van der Waals surface area contributed by atoms with Crippen LogP contribution in [0.3, 0.4) is 0 Å². The number of carbonyl (C=O) groups excluding carboxylic acids is 1. The summed E-state index contributed by atoms with van der Waals surface area (Å²) in [7, 11) is -3.02. The van der Waals surface area contributed by atoms with Crippen molar-refractivity contribution in [1.29, 1.82) is 0 Å². The van der Waals surface area contributed by atoms with E-state index >= 15 is 0 Å². The van der Waals surface area contributed by atoms with Crippen LogP contribution >= 0.6 is 0 Å². The van der Waals surface area contributed by atoms with Crippen molar-refractivity contribution in [2.45, 2.75) is 17.5 Å². The number of ether oxygens (including phenoxy) is 1. The van der Waals surface area contributed by atoms with Crippen LogP contribution in [0, 0.1) is 0 Å². The summed E-state index contributed by atoms with van der Waals surface area (Å²) in [5, 5.41) is 0. The summed E-state index contributed by atoms with van der Waals surface area (Å²) in [6.45, 7) is -1.64. The summed E-state index contributed by atoms with van der Waals surface area (Å²) in [4.78, 5) is 10.7. The van der Waals surface area contributed by atoms with Crippen LogP contribution in [0.25, 0.3) is 0 Å². The maximum atomic E-state index is 12.0. The van der Waals surface area contributed by atoms with Gasteiger partial charge in [-0.2, -0.15) is 13.2 Å². The molecule has 0 aliphatic carbocycles. The molecule has 0 radical (unpaired) electrons. The Balaban J connectivity index is 2.79. The zero-order valence-corrected chi connectivity index (χ0v) is 11.2. The molecule has 0 fully saturated rings. The molecule has 0 spiro atoms. The van der Waals surface area contributed by atoms with Gasteiger partial charge in [-0.25, -0.2) is 13.1 Å². The van der Waals surface area contributed by atoms with E-state index in [0.717, 1.165) is 12.1 Å². The number of methoxy groups -OCH3 is 1. The first-order valence-electron chi connectivity index (χ1n) is 5.36. The molecule has 0 unspecified atom stereocenters. The van der Waals surface area contributed by atoms with Gasteiger partial charge in [0.05, 0.1) is 18.4 Å². The lowest BCUT2D eigenvalue weighted by Gasteiger charge is -2.09. The van der Waals surface area contributed by atoms with E-state index in [9.17, 15) is 26.4 Å². The normalized spacial score (nSPS) is 12.2. The lowest BCUT2D eigenvalue weighted by atomic mass is 10.2. The molecule has 1 aromatic carbocycles. The molecule has 0 aliphatic heterocycles. The van der Waals surface area contributed by atoms with E-state index in [1.165, 1.54) is 24.0 Å². The van der Waals surface area contributed by atoms with Crippen LogP contribution in [-0.2, 0) is 26.0 Å². The Labute approximate surface area is 113 Å². The van der Waals surface area contributed by atoms with Gasteiger partial charge >= 0.3 is 12.1 Å². The third-order valence-electron chi connectivity index (χ3n) is 2.27. The largest absolute Gasteiger partial charge is 0.469 e. The molecule has 1 aromatic rings. The van der Waals surface area contributed by atoms with E-state index in [2.05, 4.69) is 4.74 Å². The maximum absolute atomic E-state index is 12.0. The summed E-state index contributed by atoms with van der Waals surface area (Å²) in [6.07, 6.45) is -4.68. The lowest BCUT2D eigenvalue weighted by Crippen LogP contribution is -2.33. The van der Waals surface area contributed by atoms with Crippen molar-refractivity contribution < 1.29 is 31.1 Å². The zero-order chi connectivity index (χ0) is 15.4. The Hall–Kier alpha value is -1.61. The molecule has 112 valence electrons. The van der Waals surface area contributed by atoms with E-state index < -0.39 is 28.7 Å². The molecule has 9 heteroatoms. The van der Waals surface area contributed by atoms with Crippen molar-refractivity contribution in [1.82, 2.24) is 4.72 Å². The van der Waals surface area contributed by atoms with Crippen LogP contribution in [0.1, 0.15) is 5.56 Å². The fourth-order valence-corrected chi connectivity index (χ4v) is 2.30. The van der Waals surface area contributed by atoms with Crippen molar-refractivity contribution in [3.05, 3.63) is 29.8 Å². The van der Waals surface area contributed by atoms with E-state index in [0.29, 0.717) is 5.56 Å². The molecule has 0 atom stereocenters. The topological polar surface area (TPSA) is 72.5 Å². The van der Waals surface area contributed by atoms with Gasteiger partial charge in [0.1, 0.15) is 6.54 Å². The highest BCUT2D eigenvalue weighted by atomic mass is 32.2. The lowest BCUT2D eigenvalue weighted by molar-refractivity contribution is -0.139. The standard InChI is InChI=1S/C11H12F3NO4S/c1-19-10(16)6-8-2-4-9(5-3-8)20(17,18)15-7-11(12,13)14/h2-5,15H,6-7H2,1H3. The van der Waals surface area contributed by atoms with Crippen molar-refractivity contribution in [2.75, 3.05) is 13.7 Å². The molecule has 20 heavy (non-hydrogen) atoms. The zero-order valence-electron chi connectivity index (χ0n) is 10.4. The molecule has 0 aromatic heterocycles. The summed E-state index contributed by atoms with van der Waals surface area (Å²) >= 11 is 0. The van der Waals surface area contributed by atoms with Crippen LogP contribution < -0.4 is 4.72 Å². The van der Waals surface area contributed by atoms with Gasteiger partial charge in [-0.15, -0.1) is 0 Å². The van der Waals surface area contributed by atoms with Gasteiger partial charge in [-0.1, -0.05) is 12.1 Å². The number of halogens is 3. The second-order valence-corrected chi connectivity index (χ2v) is 5.60. The van der Waals surface area contributed by atoms with E-state index in [-0.39, 0.29) is 11.3 Å². The molecule has 0 aliphatic rings. The minimum Gasteiger partial charge on any atom is -0.469 e. The molecular weight excluding hydrogens is 299 g/mol. The van der Waals surface area contributed by atoms with Crippen LogP contribution in [0.5, 0.6) is 0 Å². The first-order chi connectivity index (χ1) is 9.14. The Morgan fingerprint density at radius 3 is 2.25 bits per heavy atom. The van der Waals surface area contributed by atoms with Crippen LogP contribution in [0.4, 0.5) is 13.2 Å². The summed E-state index contributed by atoms with van der Waals surface area (Å²) in [5.41, 5.74) is 0.492. The minimum absolute atomic E-state index is 0.0488. The quantitative estimate of drug-likeness (QED) is 0.831. The van der Waals surface area contributed by atoms with Crippen LogP contribution in [-0.4, -0.2) is 34.2 Å². The fourth-order valence-electron chi connectivity index (χ4n) is 1.29. The van der Waals surface area contributed by atoms with Gasteiger partial charge in [-0.05, 0) is 17.7 Å². The van der Waals surface area contributed by atoms with E-state index in [1.54, 1.807) is 0 Å². The highest BCUT2D eigenvalue weighted by Crippen LogP contribution is 2.16. The molecule has 0 heterocycles. The van der Waals surface area contributed by atoms with Crippen molar-refractivity contribution in [3.8, 4) is 0 Å². The van der Waals surface area contributed by atoms with Crippen molar-refractivity contribution in [3.63, 3.8) is 0 Å². The summed E-state index contributed by atoms with van der Waals surface area (Å²) in [6, 6.07) is 4.91. The van der Waals surface area contributed by atoms with Gasteiger partial charge in [-0.3, -0.25) is 4.79 Å². The molecule has 0 bridgehead atoms. The van der Waals surface area contributed by atoms with Crippen LogP contribution in [0.15, 0.2) is 29.2 Å². The van der Waals surface area contributed by atoms with E-state index in [4.69, 9.17) is 0 Å². The maximum Gasteiger partial charge on any atom is 0.402 e. The van der Waals surface area contributed by atoms with E-state index in [1.807, 2.05) is 0 Å². The summed E-state index contributed by atoms with van der Waals surface area (Å²) in [5.74, 6) is -0.504. The molecule has 0 amide bonds. The van der Waals surface area contributed by atoms with Gasteiger partial charge in [0, 0.05) is 0 Å². The summed E-state index contributed by atoms with van der Waals surface area (Å²) < 4.78 is 64.9. The number of hydrogen-bond acceptors (Lipinski definition) is 4. The second kappa shape index (κ2) is 6.23. The van der Waals surface area contributed by atoms with Gasteiger partial charge in [0.2, 0.25) is 10.0 Å². The monoisotopic (exact) mass is 311 g/mol. The Kier molecular flexibility index (Phi) is 5.12. The average Bonchev–Trinajstić information content (AvgIpc) is 2.36. The second-order valence-electron chi connectivity index (χ2n) is 3.84. The Bertz CT molecular complexity index is 566. The number of rotatable bonds is 5. The predicted octanol–water partition coefficient (Wildman–Crippen LogP) is 1.24. The number of benzene rings is 1. The number of carbonyl (C=O) groups is 1. The predicted molar refractivity (Wildman–Crippen MR) is 63.4 cm³/mol. The van der Waals surface area contributed by atoms with Gasteiger partial charge in [0.25, 0.3) is 0 Å². The van der Waals surface area contributed by atoms with Crippen molar-refractivity contribution >= 4 is 16.0 Å². The molecule has 1 N–H and O–H groups in total. The first kappa shape index (κ1) is 16.4. The number of nitrogens with one attached hydrogen (secondary N) is 1. The smallest absolute Gasteiger partial charge is 0.402 e. The molecule has 0 saturated carbocycles. The van der Waals surface area contributed by atoms with Gasteiger partial charge in [0.15, 0.2) is 0 Å². The van der Waals surface area contributed by atoms with Crippen LogP contribution in [0.2, 0.25) is 0 Å². The molecule has 0 saturated heterocycles. The minimum atomic E-state index is -4.63. The number of alkyl halides is 3. The van der Waals surface area contributed by atoms with Crippen molar-refractivity contribution in [2.24, 2.45) is 0 Å². The SMILES string of the molecule is COC(=O)Cc1ccc(S(=O)(=O)NCC(F)(F)F)cc1. The highest BCUT2D eigenvalue weighted by Gasteiger charge is 2.29. The molecule has 5 nitrogen and oxygen atoms in total. The third-order valence-corrected chi connectivity index (χ3v) is 3.69. The number of sulfonamides is 1. The fraction of sp³-hybridized carbons (Fsp3) is 0.364. The van der Waals surface area contributed by atoms with Gasteiger partial charge < -0.3 is 4.74 Å². The highest BCUT2D eigenvalue weighted by molar-refractivity contribution is 7.89. The Morgan fingerprint density at radius 2 is 1.80 bits per heavy atom.